The standard InChI is InChI=1S/C13H13BrClFN2/c1-7-4-11(7)18-12-5-8(14)9(16)6-10(12)17-13(18)2-3-15/h5-7,11H,2-4H2,1H3. The number of nitrogens with zero attached hydrogens (tertiary/aromatic N) is 2. The zero-order chi connectivity index (χ0) is 12.9. The summed E-state index contributed by atoms with van der Waals surface area (Å²) in [5.41, 5.74) is 1.72. The zero-order valence-corrected chi connectivity index (χ0v) is 12.3. The first-order valence-electron chi connectivity index (χ1n) is 6.03. The van der Waals surface area contributed by atoms with Crippen molar-refractivity contribution in [2.45, 2.75) is 25.8 Å². The van der Waals surface area contributed by atoms with Crippen molar-refractivity contribution in [1.82, 2.24) is 9.55 Å². The van der Waals surface area contributed by atoms with Gasteiger partial charge in [0.15, 0.2) is 0 Å². The average molecular weight is 332 g/mol. The fraction of sp³-hybridized carbons (Fsp3) is 0.462. The Morgan fingerprint density at radius 1 is 1.56 bits per heavy atom. The molecule has 96 valence electrons. The molecule has 2 atom stereocenters. The molecular weight excluding hydrogens is 319 g/mol. The monoisotopic (exact) mass is 330 g/mol. The third-order valence-electron chi connectivity index (χ3n) is 3.52. The molecule has 0 amide bonds. The Balaban J connectivity index is 2.21. The lowest BCUT2D eigenvalue weighted by atomic mass is 10.3. The van der Waals surface area contributed by atoms with E-state index in [0.717, 1.165) is 29.7 Å². The van der Waals surface area contributed by atoms with E-state index in [-0.39, 0.29) is 5.82 Å². The lowest BCUT2D eigenvalue weighted by Crippen LogP contribution is -2.03. The van der Waals surface area contributed by atoms with Gasteiger partial charge in [-0.25, -0.2) is 9.37 Å². The van der Waals surface area contributed by atoms with Crippen LogP contribution in [0, 0.1) is 11.7 Å². The second-order valence-electron chi connectivity index (χ2n) is 4.87. The van der Waals surface area contributed by atoms with Crippen molar-refractivity contribution in [2.24, 2.45) is 5.92 Å². The summed E-state index contributed by atoms with van der Waals surface area (Å²) in [5, 5.41) is 0. The molecule has 2 aromatic rings. The van der Waals surface area contributed by atoms with E-state index < -0.39 is 0 Å². The van der Waals surface area contributed by atoms with Crippen LogP contribution in [0.15, 0.2) is 16.6 Å². The predicted molar refractivity (Wildman–Crippen MR) is 74.6 cm³/mol. The summed E-state index contributed by atoms with van der Waals surface area (Å²) in [6, 6.07) is 3.80. The molecule has 0 aliphatic heterocycles. The Morgan fingerprint density at radius 2 is 2.28 bits per heavy atom. The molecule has 2 unspecified atom stereocenters. The maximum atomic E-state index is 13.5. The van der Waals surface area contributed by atoms with Gasteiger partial charge in [-0.2, -0.15) is 0 Å². The number of benzene rings is 1. The van der Waals surface area contributed by atoms with Gasteiger partial charge in [0.2, 0.25) is 0 Å². The maximum Gasteiger partial charge on any atom is 0.139 e. The van der Waals surface area contributed by atoms with E-state index in [1.54, 1.807) is 0 Å². The number of hydrogen-bond acceptors (Lipinski definition) is 1. The van der Waals surface area contributed by atoms with Crippen molar-refractivity contribution in [3.8, 4) is 0 Å². The molecule has 0 saturated heterocycles. The van der Waals surface area contributed by atoms with E-state index in [9.17, 15) is 4.39 Å². The molecule has 18 heavy (non-hydrogen) atoms. The van der Waals surface area contributed by atoms with Gasteiger partial charge in [0.05, 0.1) is 15.5 Å². The zero-order valence-electron chi connectivity index (χ0n) is 9.96. The van der Waals surface area contributed by atoms with E-state index in [1.807, 2.05) is 6.07 Å². The number of imidazole rings is 1. The molecule has 1 aliphatic rings. The molecule has 0 radical (unpaired) electrons. The molecular formula is C13H13BrClFN2. The predicted octanol–water partition coefficient (Wildman–Crippen LogP) is 4.30. The number of alkyl halides is 1. The summed E-state index contributed by atoms with van der Waals surface area (Å²) in [6.45, 7) is 2.22. The Bertz CT molecular complexity index is 611. The SMILES string of the molecule is CC1CC1n1c(CCCl)nc2cc(F)c(Br)cc21. The molecule has 1 aromatic carbocycles. The van der Waals surface area contributed by atoms with Crippen LogP contribution < -0.4 is 0 Å². The number of aryl methyl sites for hydroxylation is 1. The second kappa shape index (κ2) is 4.49. The minimum atomic E-state index is -0.270. The van der Waals surface area contributed by atoms with Crippen LogP contribution in [-0.2, 0) is 6.42 Å². The summed E-state index contributed by atoms with van der Waals surface area (Å²) in [4.78, 5) is 4.52. The minimum Gasteiger partial charge on any atom is -0.325 e. The van der Waals surface area contributed by atoms with Crippen LogP contribution in [0.4, 0.5) is 4.39 Å². The van der Waals surface area contributed by atoms with Gasteiger partial charge < -0.3 is 4.57 Å². The van der Waals surface area contributed by atoms with Gasteiger partial charge in [-0.05, 0) is 34.3 Å². The summed E-state index contributed by atoms with van der Waals surface area (Å²) in [7, 11) is 0. The van der Waals surface area contributed by atoms with Crippen LogP contribution in [0.5, 0.6) is 0 Å². The highest BCUT2D eigenvalue weighted by Crippen LogP contribution is 2.45. The van der Waals surface area contributed by atoms with Crippen LogP contribution in [0.2, 0.25) is 0 Å². The van der Waals surface area contributed by atoms with E-state index in [4.69, 9.17) is 11.6 Å². The second-order valence-corrected chi connectivity index (χ2v) is 6.10. The summed E-state index contributed by atoms with van der Waals surface area (Å²) in [5.74, 6) is 1.90. The van der Waals surface area contributed by atoms with E-state index in [0.29, 0.717) is 22.3 Å². The first-order chi connectivity index (χ1) is 8.61. The van der Waals surface area contributed by atoms with Crippen LogP contribution in [-0.4, -0.2) is 15.4 Å². The van der Waals surface area contributed by atoms with Crippen molar-refractivity contribution in [3.05, 3.63) is 28.2 Å². The lowest BCUT2D eigenvalue weighted by Gasteiger charge is -2.07. The van der Waals surface area contributed by atoms with Crippen molar-refractivity contribution >= 4 is 38.6 Å². The van der Waals surface area contributed by atoms with Gasteiger partial charge in [-0.1, -0.05) is 6.92 Å². The number of hydrogen-bond donors (Lipinski definition) is 0. The molecule has 1 aromatic heterocycles. The van der Waals surface area contributed by atoms with Crippen LogP contribution >= 0.6 is 27.5 Å². The first-order valence-corrected chi connectivity index (χ1v) is 7.36. The van der Waals surface area contributed by atoms with Crippen LogP contribution in [0.3, 0.4) is 0 Å². The third kappa shape index (κ3) is 1.95. The van der Waals surface area contributed by atoms with Crippen LogP contribution in [0.1, 0.15) is 25.2 Å². The Kier molecular flexibility index (Phi) is 3.10. The number of fused-ring (bicyclic) bond motifs is 1. The Morgan fingerprint density at radius 3 is 2.89 bits per heavy atom. The molecule has 3 rings (SSSR count). The largest absolute Gasteiger partial charge is 0.325 e. The molecule has 5 heteroatoms. The van der Waals surface area contributed by atoms with E-state index in [2.05, 4.69) is 32.4 Å². The highest BCUT2D eigenvalue weighted by molar-refractivity contribution is 9.10. The fourth-order valence-electron chi connectivity index (χ4n) is 2.43. The van der Waals surface area contributed by atoms with Crippen molar-refractivity contribution < 1.29 is 4.39 Å². The average Bonchev–Trinajstić information content (AvgIpc) is 2.92. The molecule has 0 N–H and O–H groups in total. The van der Waals surface area contributed by atoms with E-state index in [1.165, 1.54) is 6.07 Å². The van der Waals surface area contributed by atoms with Crippen molar-refractivity contribution in [3.63, 3.8) is 0 Å². The quantitative estimate of drug-likeness (QED) is 0.767. The normalized spacial score (nSPS) is 22.7. The highest BCUT2D eigenvalue weighted by atomic mass is 79.9. The molecule has 0 spiro atoms. The summed E-state index contributed by atoms with van der Waals surface area (Å²) >= 11 is 9.06. The van der Waals surface area contributed by atoms with Gasteiger partial charge in [0, 0.05) is 24.4 Å². The molecule has 1 saturated carbocycles. The van der Waals surface area contributed by atoms with E-state index >= 15 is 0 Å². The fourth-order valence-corrected chi connectivity index (χ4v) is 2.93. The molecule has 1 fully saturated rings. The molecule has 1 aliphatic carbocycles. The molecule has 1 heterocycles. The minimum absolute atomic E-state index is 0.270. The van der Waals surface area contributed by atoms with Gasteiger partial charge >= 0.3 is 0 Å². The van der Waals surface area contributed by atoms with Crippen molar-refractivity contribution in [1.29, 1.82) is 0 Å². The highest BCUT2D eigenvalue weighted by Gasteiger charge is 2.36. The number of rotatable bonds is 3. The van der Waals surface area contributed by atoms with Crippen LogP contribution in [0.25, 0.3) is 11.0 Å². The maximum absolute atomic E-state index is 13.5. The third-order valence-corrected chi connectivity index (χ3v) is 4.32. The topological polar surface area (TPSA) is 17.8 Å². The summed E-state index contributed by atoms with van der Waals surface area (Å²) in [6.07, 6.45) is 1.88. The van der Waals surface area contributed by atoms with Crippen molar-refractivity contribution in [2.75, 3.05) is 5.88 Å². The number of halogens is 3. The Labute approximate surface area is 118 Å². The molecule has 2 nitrogen and oxygen atoms in total. The Hall–Kier alpha value is -0.610. The smallest absolute Gasteiger partial charge is 0.139 e. The first kappa shape index (κ1) is 12.4. The van der Waals surface area contributed by atoms with Gasteiger partial charge in [-0.3, -0.25) is 0 Å². The lowest BCUT2D eigenvalue weighted by molar-refractivity contribution is 0.622. The van der Waals surface area contributed by atoms with Gasteiger partial charge in [-0.15, -0.1) is 11.6 Å². The molecule has 0 bridgehead atoms. The van der Waals surface area contributed by atoms with Gasteiger partial charge in [0.1, 0.15) is 11.6 Å². The summed E-state index contributed by atoms with van der Waals surface area (Å²) < 4.78 is 16.3. The van der Waals surface area contributed by atoms with Gasteiger partial charge in [0.25, 0.3) is 0 Å². The number of aromatic nitrogens is 2.